The summed E-state index contributed by atoms with van der Waals surface area (Å²) in [5.74, 6) is -0.0721. The summed E-state index contributed by atoms with van der Waals surface area (Å²) in [6.45, 7) is 7.85. The zero-order chi connectivity index (χ0) is 17.4. The van der Waals surface area contributed by atoms with Gasteiger partial charge < -0.3 is 5.32 Å². The number of amides is 1. The van der Waals surface area contributed by atoms with Crippen LogP contribution in [0.5, 0.6) is 0 Å². The molecule has 1 N–H and O–H groups in total. The summed E-state index contributed by atoms with van der Waals surface area (Å²) >= 11 is 5.02. The smallest absolute Gasteiger partial charge is 0.244 e. The number of hydrogen-bond donors (Lipinski definition) is 1. The van der Waals surface area contributed by atoms with E-state index in [9.17, 15) is 4.79 Å². The largest absolute Gasteiger partial charge is 0.348 e. The van der Waals surface area contributed by atoms with Crippen LogP contribution in [-0.4, -0.2) is 23.9 Å². The molecular formula is C19H23BrN2OS. The second-order valence-electron chi connectivity index (χ2n) is 5.42. The number of rotatable bonds is 8. The molecule has 0 bridgehead atoms. The van der Waals surface area contributed by atoms with Gasteiger partial charge in [-0.1, -0.05) is 38.1 Å². The number of carbonyl (C=O) groups excluding carboxylic acids is 1. The van der Waals surface area contributed by atoms with Gasteiger partial charge in [0.2, 0.25) is 5.91 Å². The number of nitrogens with one attached hydrogen (secondary N) is 1. The molecule has 1 heterocycles. The zero-order valence-corrected chi connectivity index (χ0v) is 16.5. The Hall–Kier alpha value is -1.43. The van der Waals surface area contributed by atoms with Gasteiger partial charge in [0.1, 0.15) is 0 Å². The maximum Gasteiger partial charge on any atom is 0.244 e. The second kappa shape index (κ2) is 9.77. The first-order valence-electron chi connectivity index (χ1n) is 8.12. The van der Waals surface area contributed by atoms with E-state index in [1.165, 1.54) is 11.1 Å². The summed E-state index contributed by atoms with van der Waals surface area (Å²) in [6, 6.07) is 12.3. The summed E-state index contributed by atoms with van der Waals surface area (Å²) < 4.78 is 1.06. The van der Waals surface area contributed by atoms with Crippen LogP contribution in [0.15, 0.2) is 46.3 Å². The van der Waals surface area contributed by atoms with Crippen LogP contribution >= 0.6 is 27.3 Å². The first-order valence-corrected chi connectivity index (χ1v) is 9.73. The minimum atomic E-state index is -0.0721. The molecule has 1 aromatic heterocycles. The average Bonchev–Trinajstić information content (AvgIpc) is 3.02. The number of halogens is 1. The molecule has 0 aliphatic heterocycles. The van der Waals surface area contributed by atoms with E-state index in [-0.39, 0.29) is 5.91 Å². The minimum Gasteiger partial charge on any atom is -0.348 e. The topological polar surface area (TPSA) is 32.3 Å². The van der Waals surface area contributed by atoms with Crippen molar-refractivity contribution in [3.8, 4) is 0 Å². The average molecular weight is 407 g/mol. The van der Waals surface area contributed by atoms with Crippen LogP contribution in [0.2, 0.25) is 0 Å². The van der Waals surface area contributed by atoms with Gasteiger partial charge in [-0.05, 0) is 58.4 Å². The van der Waals surface area contributed by atoms with E-state index in [1.807, 2.05) is 24.3 Å². The van der Waals surface area contributed by atoms with Gasteiger partial charge in [0.25, 0.3) is 0 Å². The van der Waals surface area contributed by atoms with Crippen molar-refractivity contribution in [3.63, 3.8) is 0 Å². The van der Waals surface area contributed by atoms with Crippen molar-refractivity contribution < 1.29 is 4.79 Å². The molecule has 128 valence electrons. The monoisotopic (exact) mass is 406 g/mol. The van der Waals surface area contributed by atoms with Crippen LogP contribution in [0.3, 0.4) is 0 Å². The van der Waals surface area contributed by atoms with Crippen LogP contribution in [0.4, 0.5) is 0 Å². The van der Waals surface area contributed by atoms with Crippen molar-refractivity contribution in [3.05, 3.63) is 62.3 Å². The number of carbonyl (C=O) groups is 1. The Morgan fingerprint density at radius 1 is 1.17 bits per heavy atom. The summed E-state index contributed by atoms with van der Waals surface area (Å²) in [6.07, 6.45) is 3.43. The Bertz CT molecular complexity index is 692. The second-order valence-corrected chi connectivity index (χ2v) is 7.92. The SMILES string of the molecule is CCN(CC)Cc1ccccc1CNC(=O)/C=C/c1ccc(Br)s1. The van der Waals surface area contributed by atoms with Crippen LogP contribution in [0.25, 0.3) is 6.08 Å². The lowest BCUT2D eigenvalue weighted by Crippen LogP contribution is -2.25. The molecule has 2 rings (SSSR count). The Morgan fingerprint density at radius 3 is 2.50 bits per heavy atom. The van der Waals surface area contributed by atoms with Crippen molar-refractivity contribution in [2.75, 3.05) is 13.1 Å². The highest BCUT2D eigenvalue weighted by Crippen LogP contribution is 2.22. The molecule has 0 saturated heterocycles. The summed E-state index contributed by atoms with van der Waals surface area (Å²) in [5, 5.41) is 2.97. The molecule has 2 aromatic rings. The fourth-order valence-corrected chi connectivity index (χ4v) is 3.72. The van der Waals surface area contributed by atoms with Gasteiger partial charge in [0.15, 0.2) is 0 Å². The van der Waals surface area contributed by atoms with Gasteiger partial charge in [-0.15, -0.1) is 11.3 Å². The number of benzene rings is 1. The first-order chi connectivity index (χ1) is 11.6. The fraction of sp³-hybridized carbons (Fsp3) is 0.316. The van der Waals surface area contributed by atoms with Crippen LogP contribution < -0.4 is 5.32 Å². The maximum absolute atomic E-state index is 12.0. The van der Waals surface area contributed by atoms with Gasteiger partial charge in [0, 0.05) is 24.0 Å². The Kier molecular flexibility index (Phi) is 7.69. The third kappa shape index (κ3) is 5.89. The molecule has 0 unspecified atom stereocenters. The molecule has 24 heavy (non-hydrogen) atoms. The quantitative estimate of drug-likeness (QED) is 0.645. The molecule has 0 atom stereocenters. The minimum absolute atomic E-state index is 0.0721. The van der Waals surface area contributed by atoms with E-state index in [0.717, 1.165) is 28.3 Å². The standard InChI is InChI=1S/C19H23BrN2OS/c1-3-22(4-2)14-16-8-6-5-7-15(16)13-21-19(23)12-10-17-9-11-18(20)24-17/h5-12H,3-4,13-14H2,1-2H3,(H,21,23)/b12-10+. The molecule has 0 aliphatic rings. The molecule has 0 spiro atoms. The first kappa shape index (κ1) is 18.9. The Labute approximate surface area is 156 Å². The molecule has 5 heteroatoms. The Morgan fingerprint density at radius 2 is 1.88 bits per heavy atom. The Balaban J connectivity index is 1.93. The lowest BCUT2D eigenvalue weighted by atomic mass is 10.1. The summed E-state index contributed by atoms with van der Waals surface area (Å²) in [5.41, 5.74) is 2.44. The summed E-state index contributed by atoms with van der Waals surface area (Å²) in [7, 11) is 0. The summed E-state index contributed by atoms with van der Waals surface area (Å²) in [4.78, 5) is 15.5. The predicted octanol–water partition coefficient (Wildman–Crippen LogP) is 4.68. The van der Waals surface area contributed by atoms with Crippen LogP contribution in [-0.2, 0) is 17.9 Å². The van der Waals surface area contributed by atoms with E-state index in [1.54, 1.807) is 17.4 Å². The van der Waals surface area contributed by atoms with Crippen molar-refractivity contribution >= 4 is 39.2 Å². The van der Waals surface area contributed by atoms with E-state index in [0.29, 0.717) is 6.54 Å². The normalized spacial score (nSPS) is 11.3. The maximum atomic E-state index is 12.0. The fourth-order valence-electron chi connectivity index (χ4n) is 2.39. The van der Waals surface area contributed by atoms with E-state index >= 15 is 0 Å². The van der Waals surface area contributed by atoms with E-state index < -0.39 is 0 Å². The van der Waals surface area contributed by atoms with Gasteiger partial charge in [0.05, 0.1) is 3.79 Å². The van der Waals surface area contributed by atoms with Crippen LogP contribution in [0.1, 0.15) is 29.9 Å². The number of thiophene rings is 1. The van der Waals surface area contributed by atoms with Gasteiger partial charge >= 0.3 is 0 Å². The molecule has 0 saturated carbocycles. The van der Waals surface area contributed by atoms with Crippen molar-refractivity contribution in [1.82, 2.24) is 10.2 Å². The molecular weight excluding hydrogens is 384 g/mol. The van der Waals surface area contributed by atoms with E-state index in [4.69, 9.17) is 0 Å². The van der Waals surface area contributed by atoms with Gasteiger partial charge in [-0.3, -0.25) is 9.69 Å². The third-order valence-corrected chi connectivity index (χ3v) is 5.44. The molecule has 3 nitrogen and oxygen atoms in total. The molecule has 1 amide bonds. The van der Waals surface area contributed by atoms with Crippen molar-refractivity contribution in [2.45, 2.75) is 26.9 Å². The molecule has 0 aliphatic carbocycles. The van der Waals surface area contributed by atoms with Crippen LogP contribution in [0, 0.1) is 0 Å². The van der Waals surface area contributed by atoms with E-state index in [2.05, 4.69) is 58.2 Å². The number of hydrogen-bond acceptors (Lipinski definition) is 3. The van der Waals surface area contributed by atoms with Crippen molar-refractivity contribution in [2.24, 2.45) is 0 Å². The molecule has 0 radical (unpaired) electrons. The highest BCUT2D eigenvalue weighted by atomic mass is 79.9. The highest BCUT2D eigenvalue weighted by Gasteiger charge is 2.07. The lowest BCUT2D eigenvalue weighted by Gasteiger charge is -2.20. The predicted molar refractivity (Wildman–Crippen MR) is 106 cm³/mol. The molecule has 1 aromatic carbocycles. The lowest BCUT2D eigenvalue weighted by molar-refractivity contribution is -0.116. The van der Waals surface area contributed by atoms with Gasteiger partial charge in [-0.25, -0.2) is 0 Å². The number of nitrogens with zero attached hydrogens (tertiary/aromatic N) is 1. The highest BCUT2D eigenvalue weighted by molar-refractivity contribution is 9.11. The van der Waals surface area contributed by atoms with Crippen molar-refractivity contribution in [1.29, 1.82) is 0 Å². The molecule has 0 fully saturated rings. The third-order valence-electron chi connectivity index (χ3n) is 3.85. The van der Waals surface area contributed by atoms with Gasteiger partial charge in [-0.2, -0.15) is 0 Å². The zero-order valence-electron chi connectivity index (χ0n) is 14.1.